The average Bonchev–Trinajstić information content (AvgIpc) is 2.31. The number of aliphatic carboxylic acids is 1. The zero-order valence-corrected chi connectivity index (χ0v) is 11.5. The lowest BCUT2D eigenvalue weighted by Gasteiger charge is -2.09. The molecular formula is C14H29NO2. The highest BCUT2D eigenvalue weighted by atomic mass is 16.4. The molecule has 0 radical (unpaired) electrons. The van der Waals surface area contributed by atoms with Crippen LogP contribution in [-0.4, -0.2) is 24.2 Å². The molecule has 0 saturated heterocycles. The van der Waals surface area contributed by atoms with Crippen molar-refractivity contribution in [1.82, 2.24) is 5.32 Å². The monoisotopic (exact) mass is 243 g/mol. The summed E-state index contributed by atoms with van der Waals surface area (Å²) < 4.78 is 0. The van der Waals surface area contributed by atoms with E-state index in [2.05, 4.69) is 12.2 Å². The molecule has 0 spiro atoms. The lowest BCUT2D eigenvalue weighted by atomic mass is 9.99. The minimum atomic E-state index is -0.639. The SMILES string of the molecule is CCCCCCNCCCCC(CC)C(=O)O. The van der Waals surface area contributed by atoms with Crippen LogP contribution in [0.3, 0.4) is 0 Å². The number of rotatable bonds is 12. The van der Waals surface area contributed by atoms with Gasteiger partial charge >= 0.3 is 5.97 Å². The molecule has 0 rings (SSSR count). The molecule has 3 nitrogen and oxygen atoms in total. The van der Waals surface area contributed by atoms with Gasteiger partial charge in [0.25, 0.3) is 0 Å². The molecule has 0 saturated carbocycles. The van der Waals surface area contributed by atoms with Crippen LogP contribution in [-0.2, 0) is 4.79 Å². The Morgan fingerprint density at radius 2 is 1.71 bits per heavy atom. The van der Waals surface area contributed by atoms with E-state index in [1.807, 2.05) is 6.92 Å². The summed E-state index contributed by atoms with van der Waals surface area (Å²) in [7, 11) is 0. The van der Waals surface area contributed by atoms with Crippen molar-refractivity contribution in [2.75, 3.05) is 13.1 Å². The molecule has 0 aromatic rings. The first kappa shape index (κ1) is 16.4. The van der Waals surface area contributed by atoms with Crippen molar-refractivity contribution < 1.29 is 9.90 Å². The lowest BCUT2D eigenvalue weighted by molar-refractivity contribution is -0.142. The van der Waals surface area contributed by atoms with Gasteiger partial charge in [0.15, 0.2) is 0 Å². The zero-order chi connectivity index (χ0) is 12.9. The lowest BCUT2D eigenvalue weighted by Crippen LogP contribution is -2.17. The summed E-state index contributed by atoms with van der Waals surface area (Å²) in [5.41, 5.74) is 0. The molecule has 0 fully saturated rings. The standard InChI is InChI=1S/C14H29NO2/c1-3-5-6-8-11-15-12-9-7-10-13(4-2)14(16)17/h13,15H,3-12H2,1-2H3,(H,16,17). The molecule has 0 heterocycles. The summed E-state index contributed by atoms with van der Waals surface area (Å²) in [6.45, 7) is 6.31. The van der Waals surface area contributed by atoms with Gasteiger partial charge in [0.2, 0.25) is 0 Å². The van der Waals surface area contributed by atoms with Gasteiger partial charge in [-0.2, -0.15) is 0 Å². The smallest absolute Gasteiger partial charge is 0.306 e. The van der Waals surface area contributed by atoms with Crippen LogP contribution in [0, 0.1) is 5.92 Å². The van der Waals surface area contributed by atoms with Crippen molar-refractivity contribution in [3.63, 3.8) is 0 Å². The van der Waals surface area contributed by atoms with E-state index in [4.69, 9.17) is 5.11 Å². The largest absolute Gasteiger partial charge is 0.481 e. The Kier molecular flexibility index (Phi) is 11.5. The summed E-state index contributed by atoms with van der Waals surface area (Å²) in [4.78, 5) is 10.8. The molecule has 3 heteroatoms. The zero-order valence-electron chi connectivity index (χ0n) is 11.5. The summed E-state index contributed by atoms with van der Waals surface area (Å²) in [5.74, 6) is -0.778. The molecule has 102 valence electrons. The third-order valence-corrected chi connectivity index (χ3v) is 3.21. The van der Waals surface area contributed by atoms with Crippen molar-refractivity contribution in [1.29, 1.82) is 0 Å². The van der Waals surface area contributed by atoms with E-state index in [0.717, 1.165) is 38.8 Å². The first-order valence-corrected chi connectivity index (χ1v) is 7.15. The highest BCUT2D eigenvalue weighted by Crippen LogP contribution is 2.12. The van der Waals surface area contributed by atoms with Crippen molar-refractivity contribution in [3.05, 3.63) is 0 Å². The Morgan fingerprint density at radius 3 is 2.24 bits per heavy atom. The van der Waals surface area contributed by atoms with Crippen LogP contribution in [0.4, 0.5) is 0 Å². The first-order valence-electron chi connectivity index (χ1n) is 7.15. The molecule has 0 aliphatic rings. The quantitative estimate of drug-likeness (QED) is 0.516. The van der Waals surface area contributed by atoms with E-state index >= 15 is 0 Å². The van der Waals surface area contributed by atoms with Gasteiger partial charge in [-0.1, -0.05) is 39.5 Å². The molecule has 2 N–H and O–H groups in total. The van der Waals surface area contributed by atoms with Crippen LogP contribution < -0.4 is 5.32 Å². The van der Waals surface area contributed by atoms with Gasteiger partial charge < -0.3 is 10.4 Å². The Labute approximate surface area is 106 Å². The van der Waals surface area contributed by atoms with Gasteiger partial charge in [-0.25, -0.2) is 0 Å². The molecular weight excluding hydrogens is 214 g/mol. The number of hydrogen-bond acceptors (Lipinski definition) is 2. The maximum Gasteiger partial charge on any atom is 0.306 e. The maximum atomic E-state index is 10.8. The third-order valence-electron chi connectivity index (χ3n) is 3.21. The van der Waals surface area contributed by atoms with E-state index in [1.165, 1.54) is 25.7 Å². The van der Waals surface area contributed by atoms with E-state index in [-0.39, 0.29) is 5.92 Å². The second-order valence-corrected chi connectivity index (χ2v) is 4.75. The number of hydrogen-bond donors (Lipinski definition) is 2. The second-order valence-electron chi connectivity index (χ2n) is 4.75. The van der Waals surface area contributed by atoms with Crippen molar-refractivity contribution in [2.45, 2.75) is 65.2 Å². The van der Waals surface area contributed by atoms with Crippen LogP contribution in [0.1, 0.15) is 65.2 Å². The highest BCUT2D eigenvalue weighted by Gasteiger charge is 2.13. The van der Waals surface area contributed by atoms with Gasteiger partial charge in [0.1, 0.15) is 0 Å². The number of carboxylic acids is 1. The van der Waals surface area contributed by atoms with Crippen LogP contribution >= 0.6 is 0 Å². The fraction of sp³-hybridized carbons (Fsp3) is 0.929. The van der Waals surface area contributed by atoms with Gasteiger partial charge in [-0.05, 0) is 38.8 Å². The van der Waals surface area contributed by atoms with Crippen LogP contribution in [0.25, 0.3) is 0 Å². The van der Waals surface area contributed by atoms with Crippen molar-refractivity contribution in [2.24, 2.45) is 5.92 Å². The Bertz CT molecular complexity index is 183. The number of nitrogens with one attached hydrogen (secondary N) is 1. The van der Waals surface area contributed by atoms with Crippen LogP contribution in [0.5, 0.6) is 0 Å². The van der Waals surface area contributed by atoms with Crippen LogP contribution in [0.2, 0.25) is 0 Å². The average molecular weight is 243 g/mol. The molecule has 0 aromatic heterocycles. The minimum Gasteiger partial charge on any atom is -0.481 e. The first-order chi connectivity index (χ1) is 8.22. The fourth-order valence-electron chi connectivity index (χ4n) is 1.94. The Hall–Kier alpha value is -0.570. The summed E-state index contributed by atoms with van der Waals surface area (Å²) >= 11 is 0. The molecule has 0 bridgehead atoms. The summed E-state index contributed by atoms with van der Waals surface area (Å²) in [5, 5.41) is 12.3. The highest BCUT2D eigenvalue weighted by molar-refractivity contribution is 5.69. The third kappa shape index (κ3) is 10.3. The number of unbranched alkanes of at least 4 members (excludes halogenated alkanes) is 4. The van der Waals surface area contributed by atoms with E-state index in [1.54, 1.807) is 0 Å². The summed E-state index contributed by atoms with van der Waals surface area (Å²) in [6.07, 6.45) is 8.89. The van der Waals surface area contributed by atoms with Gasteiger partial charge in [-0.15, -0.1) is 0 Å². The van der Waals surface area contributed by atoms with E-state index < -0.39 is 5.97 Å². The Balaban J connectivity index is 3.20. The van der Waals surface area contributed by atoms with Gasteiger partial charge in [-0.3, -0.25) is 4.79 Å². The van der Waals surface area contributed by atoms with E-state index in [0.29, 0.717) is 0 Å². The van der Waals surface area contributed by atoms with Crippen molar-refractivity contribution in [3.8, 4) is 0 Å². The predicted octanol–water partition coefficient (Wildman–Crippen LogP) is 3.44. The molecule has 1 unspecified atom stereocenters. The van der Waals surface area contributed by atoms with Gasteiger partial charge in [0.05, 0.1) is 5.92 Å². The van der Waals surface area contributed by atoms with Crippen LogP contribution in [0.15, 0.2) is 0 Å². The molecule has 1 atom stereocenters. The molecule has 0 amide bonds. The second kappa shape index (κ2) is 11.9. The topological polar surface area (TPSA) is 49.3 Å². The van der Waals surface area contributed by atoms with Crippen molar-refractivity contribution >= 4 is 5.97 Å². The number of carbonyl (C=O) groups is 1. The molecule has 0 aromatic carbocycles. The Morgan fingerprint density at radius 1 is 1.06 bits per heavy atom. The minimum absolute atomic E-state index is 0.139. The normalized spacial score (nSPS) is 12.6. The number of carboxylic acid groups (broad SMARTS) is 1. The maximum absolute atomic E-state index is 10.8. The molecule has 17 heavy (non-hydrogen) atoms. The fourth-order valence-corrected chi connectivity index (χ4v) is 1.94. The molecule has 0 aliphatic heterocycles. The molecule has 0 aliphatic carbocycles. The van der Waals surface area contributed by atoms with Gasteiger partial charge in [0, 0.05) is 0 Å². The van der Waals surface area contributed by atoms with E-state index in [9.17, 15) is 4.79 Å². The summed E-state index contributed by atoms with van der Waals surface area (Å²) in [6, 6.07) is 0. The predicted molar refractivity (Wildman–Crippen MR) is 72.3 cm³/mol.